The number of nitrogens with zero attached hydrogens (tertiary/aromatic N) is 6. The van der Waals surface area contributed by atoms with E-state index in [4.69, 9.17) is 4.98 Å². The Morgan fingerprint density at radius 2 is 1.70 bits per heavy atom. The lowest BCUT2D eigenvalue weighted by Crippen LogP contribution is -2.49. The molecular formula is C38H37F3N8O3S. The number of piperidine rings is 1. The molecule has 0 radical (unpaired) electrons. The van der Waals surface area contributed by atoms with Crippen molar-refractivity contribution in [1.82, 2.24) is 30.2 Å². The van der Waals surface area contributed by atoms with Crippen molar-refractivity contribution in [3.63, 3.8) is 0 Å². The van der Waals surface area contributed by atoms with E-state index in [9.17, 15) is 27.6 Å². The smallest absolute Gasteiger partial charge is 0.305 e. The van der Waals surface area contributed by atoms with Crippen LogP contribution in [0, 0.1) is 5.92 Å². The maximum atomic E-state index is 13.1. The standard InChI is InChI=1S/C38H37F3N8O3S/c39-38(40,41)32-6-2-5-28(44-32)35(51)46-33-17-31-29(19-43-33)45-36(53-31)24-9-7-22(8-10-24)21-48-14-11-23(12-15-48)25-3-1-4-26-27(25)18-42-20-30(26)49-16-13-34(50)47-37(49)52/h1-6,17-20,22-24H,7-16,21H2,(H,43,46,51)(H,47,50,52). The Morgan fingerprint density at radius 3 is 2.47 bits per heavy atom. The van der Waals surface area contributed by atoms with Gasteiger partial charge in [-0.1, -0.05) is 24.3 Å². The number of amides is 4. The molecule has 0 spiro atoms. The molecular weight excluding hydrogens is 706 g/mol. The minimum absolute atomic E-state index is 0.233. The maximum Gasteiger partial charge on any atom is 0.433 e. The van der Waals surface area contributed by atoms with Gasteiger partial charge in [0.05, 0.1) is 33.3 Å². The summed E-state index contributed by atoms with van der Waals surface area (Å²) < 4.78 is 40.0. The Balaban J connectivity index is 0.845. The Labute approximate surface area is 307 Å². The molecule has 1 aliphatic carbocycles. The number of urea groups is 1. The lowest BCUT2D eigenvalue weighted by atomic mass is 9.81. The number of benzene rings is 1. The Hall–Kier alpha value is -5.02. The summed E-state index contributed by atoms with van der Waals surface area (Å²) in [6, 6.07) is 10.8. The molecule has 2 N–H and O–H groups in total. The molecule has 0 atom stereocenters. The lowest BCUT2D eigenvalue weighted by molar-refractivity contribution is -0.141. The fraction of sp³-hybridized carbons (Fsp3) is 0.395. The summed E-state index contributed by atoms with van der Waals surface area (Å²) in [6.45, 7) is 3.47. The van der Waals surface area contributed by atoms with Gasteiger partial charge in [-0.25, -0.2) is 19.7 Å². The van der Waals surface area contributed by atoms with Crippen molar-refractivity contribution in [1.29, 1.82) is 0 Å². The van der Waals surface area contributed by atoms with Crippen molar-refractivity contribution in [2.24, 2.45) is 5.92 Å². The van der Waals surface area contributed by atoms with Gasteiger partial charge in [-0.05, 0) is 81.1 Å². The van der Waals surface area contributed by atoms with Gasteiger partial charge in [-0.15, -0.1) is 11.3 Å². The number of imide groups is 1. The molecule has 4 aromatic heterocycles. The molecule has 274 valence electrons. The third kappa shape index (κ3) is 7.45. The number of likely N-dealkylation sites (tertiary alicyclic amines) is 1. The predicted molar refractivity (Wildman–Crippen MR) is 195 cm³/mol. The third-order valence-electron chi connectivity index (χ3n) is 10.7. The number of halogens is 3. The zero-order valence-electron chi connectivity index (χ0n) is 28.7. The van der Waals surface area contributed by atoms with Crippen LogP contribution in [0.4, 0.5) is 29.5 Å². The molecule has 0 bridgehead atoms. The highest BCUT2D eigenvalue weighted by molar-refractivity contribution is 7.18. The van der Waals surface area contributed by atoms with Crippen LogP contribution in [0.25, 0.3) is 21.0 Å². The van der Waals surface area contributed by atoms with Gasteiger partial charge in [0.15, 0.2) is 0 Å². The summed E-state index contributed by atoms with van der Waals surface area (Å²) in [4.78, 5) is 58.2. The van der Waals surface area contributed by atoms with Crippen LogP contribution in [-0.4, -0.2) is 68.9 Å². The van der Waals surface area contributed by atoms with E-state index in [0.29, 0.717) is 24.3 Å². The number of rotatable bonds is 7. The molecule has 2 aliphatic heterocycles. The minimum atomic E-state index is -4.64. The zero-order valence-corrected chi connectivity index (χ0v) is 29.6. The first-order valence-electron chi connectivity index (χ1n) is 17.9. The Bertz CT molecular complexity index is 2190. The van der Waals surface area contributed by atoms with Crippen LogP contribution in [0.3, 0.4) is 0 Å². The van der Waals surface area contributed by atoms with Crippen molar-refractivity contribution in [2.45, 2.75) is 63.0 Å². The average Bonchev–Trinajstić information content (AvgIpc) is 3.58. The highest BCUT2D eigenvalue weighted by Crippen LogP contribution is 2.41. The fourth-order valence-electron chi connectivity index (χ4n) is 7.94. The largest absolute Gasteiger partial charge is 0.433 e. The molecule has 6 heterocycles. The SMILES string of the molecule is O=C1CCN(c2cncc3c(C4CCN(CC5CCC(c6nc7cnc(NC(=O)c8cccc(C(F)(F)F)n8)cc7s6)CC5)CC4)cccc23)C(=O)N1. The van der Waals surface area contributed by atoms with Crippen molar-refractivity contribution < 1.29 is 27.6 Å². The number of carbonyl (C=O) groups is 3. The molecule has 15 heteroatoms. The lowest BCUT2D eigenvalue weighted by Gasteiger charge is -2.37. The van der Waals surface area contributed by atoms with Gasteiger partial charge < -0.3 is 10.2 Å². The van der Waals surface area contributed by atoms with Crippen LogP contribution >= 0.6 is 11.3 Å². The molecule has 2 saturated heterocycles. The molecule has 11 nitrogen and oxygen atoms in total. The van der Waals surface area contributed by atoms with Gasteiger partial charge in [-0.3, -0.25) is 24.8 Å². The van der Waals surface area contributed by atoms with Crippen LogP contribution in [-0.2, 0) is 11.0 Å². The molecule has 1 aromatic carbocycles. The number of carbonyl (C=O) groups excluding carboxylic acids is 3. The second-order valence-corrected chi connectivity index (χ2v) is 15.2. The van der Waals surface area contributed by atoms with E-state index >= 15 is 0 Å². The topological polar surface area (TPSA) is 133 Å². The summed E-state index contributed by atoms with van der Waals surface area (Å²) in [5.74, 6) is 0.587. The van der Waals surface area contributed by atoms with Gasteiger partial charge >= 0.3 is 12.2 Å². The second-order valence-electron chi connectivity index (χ2n) is 14.1. The van der Waals surface area contributed by atoms with Gasteiger partial charge in [0.2, 0.25) is 5.91 Å². The quantitative estimate of drug-likeness (QED) is 0.175. The number of fused-ring (bicyclic) bond motifs is 2. The highest BCUT2D eigenvalue weighted by Gasteiger charge is 2.33. The first-order chi connectivity index (χ1) is 25.6. The number of anilines is 2. The monoisotopic (exact) mass is 742 g/mol. The van der Waals surface area contributed by atoms with Gasteiger partial charge in [-0.2, -0.15) is 13.2 Å². The summed E-state index contributed by atoms with van der Waals surface area (Å²) in [5.41, 5.74) is 1.26. The maximum absolute atomic E-state index is 13.1. The van der Waals surface area contributed by atoms with Crippen LogP contribution in [0.15, 0.2) is 61.1 Å². The molecule has 8 rings (SSSR count). The zero-order chi connectivity index (χ0) is 36.7. The first-order valence-corrected chi connectivity index (χ1v) is 18.7. The van der Waals surface area contributed by atoms with Crippen molar-refractivity contribution >= 4 is 61.7 Å². The van der Waals surface area contributed by atoms with Crippen molar-refractivity contribution in [2.75, 3.05) is 36.4 Å². The van der Waals surface area contributed by atoms with Gasteiger partial charge in [0.25, 0.3) is 5.91 Å². The molecule has 1 saturated carbocycles. The van der Waals surface area contributed by atoms with Crippen LogP contribution in [0.1, 0.15) is 83.5 Å². The van der Waals surface area contributed by atoms with E-state index in [1.165, 1.54) is 11.6 Å². The number of thiazole rings is 1. The predicted octanol–water partition coefficient (Wildman–Crippen LogP) is 7.51. The molecule has 53 heavy (non-hydrogen) atoms. The summed E-state index contributed by atoms with van der Waals surface area (Å²) in [5, 5.41) is 8.06. The molecule has 0 unspecified atom stereocenters. The summed E-state index contributed by atoms with van der Waals surface area (Å²) in [6.07, 6.45) is 7.26. The molecule has 4 amide bonds. The highest BCUT2D eigenvalue weighted by atomic mass is 32.1. The van der Waals surface area contributed by atoms with Crippen LogP contribution in [0.5, 0.6) is 0 Å². The summed E-state index contributed by atoms with van der Waals surface area (Å²) >= 11 is 1.57. The number of alkyl halides is 3. The summed E-state index contributed by atoms with van der Waals surface area (Å²) in [7, 11) is 0. The number of pyridine rings is 3. The van der Waals surface area contributed by atoms with E-state index in [1.54, 1.807) is 34.7 Å². The molecule has 3 fully saturated rings. The fourth-order valence-corrected chi connectivity index (χ4v) is 9.09. The molecule has 3 aliphatic rings. The van der Waals surface area contributed by atoms with E-state index < -0.39 is 23.8 Å². The van der Waals surface area contributed by atoms with Crippen LogP contribution in [0.2, 0.25) is 0 Å². The van der Waals surface area contributed by atoms with Gasteiger partial charge in [0, 0.05) is 48.5 Å². The van der Waals surface area contributed by atoms with Crippen molar-refractivity contribution in [3.05, 3.63) is 83.0 Å². The first kappa shape index (κ1) is 35.0. The Morgan fingerprint density at radius 1 is 0.906 bits per heavy atom. The van der Waals surface area contributed by atoms with E-state index in [0.717, 1.165) is 102 Å². The number of nitrogens with one attached hydrogen (secondary N) is 2. The van der Waals surface area contributed by atoms with Crippen LogP contribution < -0.4 is 15.5 Å². The Kier molecular flexibility index (Phi) is 9.53. The number of hydrogen-bond acceptors (Lipinski definition) is 9. The average molecular weight is 743 g/mol. The van der Waals surface area contributed by atoms with E-state index in [1.807, 2.05) is 12.3 Å². The van der Waals surface area contributed by atoms with E-state index in [-0.39, 0.29) is 23.8 Å². The molecule has 5 aromatic rings. The van der Waals surface area contributed by atoms with Gasteiger partial charge in [0.1, 0.15) is 17.2 Å². The van der Waals surface area contributed by atoms with E-state index in [2.05, 4.69) is 42.6 Å². The third-order valence-corrected chi connectivity index (χ3v) is 11.9. The normalized spacial score (nSPS) is 20.5. The number of aromatic nitrogens is 4. The van der Waals surface area contributed by atoms with Crippen molar-refractivity contribution in [3.8, 4) is 0 Å². The minimum Gasteiger partial charge on any atom is -0.305 e. The number of hydrogen-bond donors (Lipinski definition) is 2. The second kappa shape index (κ2) is 14.4.